The number of likely N-dealkylation sites (tertiary alicyclic amines) is 1. The largest absolute Gasteiger partial charge is 0.397 e. The van der Waals surface area contributed by atoms with Gasteiger partial charge in [0, 0.05) is 19.7 Å². The number of nitrogens with zero attached hydrogens (tertiary/aromatic N) is 2. The first-order chi connectivity index (χ1) is 20.1. The molecule has 1 saturated heterocycles. The summed E-state index contributed by atoms with van der Waals surface area (Å²) in [6.07, 6.45) is -0.276. The van der Waals surface area contributed by atoms with Gasteiger partial charge in [-0.1, -0.05) is 13.8 Å². The summed E-state index contributed by atoms with van der Waals surface area (Å²) < 4.78 is 41.9. The van der Waals surface area contributed by atoms with E-state index in [0.717, 1.165) is 12.7 Å². The molecule has 7 atom stereocenters. The SMILES string of the molecule is CO[C@H](COS(=O)(=O)O)C(=O)N[C@H](CC(C)C)C(=O)N1[C@H](C(=O)NCCC2=CC[N+](=C(N)N)C2)C[C@@H]2C[C@H](O)[C@@H](O)C[C@@H]21. The second-order valence-corrected chi connectivity index (χ2v) is 12.9. The van der Waals surface area contributed by atoms with Gasteiger partial charge in [-0.2, -0.15) is 8.42 Å². The van der Waals surface area contributed by atoms with Crippen LogP contribution in [0.25, 0.3) is 0 Å². The molecule has 0 aromatic carbocycles. The fourth-order valence-electron chi connectivity index (χ4n) is 5.99. The molecule has 3 aliphatic rings. The topological polar surface area (TPSA) is 247 Å². The van der Waals surface area contributed by atoms with Gasteiger partial charge in [0.15, 0.2) is 6.10 Å². The van der Waals surface area contributed by atoms with Crippen molar-refractivity contribution in [3.8, 4) is 0 Å². The fraction of sp³-hybridized carbons (Fsp3) is 0.769. The van der Waals surface area contributed by atoms with E-state index in [2.05, 4.69) is 14.8 Å². The minimum absolute atomic E-state index is 0.0618. The van der Waals surface area contributed by atoms with Crippen LogP contribution in [0.2, 0.25) is 0 Å². The Morgan fingerprint density at radius 3 is 2.42 bits per heavy atom. The fourth-order valence-corrected chi connectivity index (χ4v) is 6.28. The lowest BCUT2D eigenvalue weighted by Crippen LogP contribution is -2.59. The number of nitrogens with two attached hydrogens (primary N) is 2. The first-order valence-electron chi connectivity index (χ1n) is 14.3. The Bertz CT molecular complexity index is 1200. The molecule has 2 fully saturated rings. The number of guanidine groups is 1. The molecule has 0 bridgehead atoms. The van der Waals surface area contributed by atoms with Gasteiger partial charge < -0.3 is 30.5 Å². The summed E-state index contributed by atoms with van der Waals surface area (Å²) in [5.74, 6) is -1.90. The third kappa shape index (κ3) is 9.33. The van der Waals surface area contributed by atoms with Crippen molar-refractivity contribution in [3.05, 3.63) is 11.6 Å². The Labute approximate surface area is 251 Å². The Morgan fingerprint density at radius 2 is 1.84 bits per heavy atom. The molecule has 1 aliphatic carbocycles. The van der Waals surface area contributed by atoms with Gasteiger partial charge >= 0.3 is 16.4 Å². The van der Waals surface area contributed by atoms with Crippen LogP contribution in [0, 0.1) is 11.8 Å². The quantitative estimate of drug-likeness (QED) is 0.0470. The maximum absolute atomic E-state index is 14.1. The van der Waals surface area contributed by atoms with Crippen LogP contribution in [0.3, 0.4) is 0 Å². The summed E-state index contributed by atoms with van der Waals surface area (Å²) in [6, 6.07) is -2.58. The Morgan fingerprint density at radius 1 is 1.16 bits per heavy atom. The highest BCUT2D eigenvalue weighted by atomic mass is 32.3. The zero-order valence-corrected chi connectivity index (χ0v) is 25.5. The molecule has 9 N–H and O–H groups in total. The molecule has 2 heterocycles. The molecule has 3 rings (SSSR count). The van der Waals surface area contributed by atoms with Gasteiger partial charge in [0.05, 0.1) is 25.3 Å². The number of methoxy groups -OCH3 is 1. The lowest BCUT2D eigenvalue weighted by Gasteiger charge is -2.39. The van der Waals surface area contributed by atoms with E-state index in [0.29, 0.717) is 26.1 Å². The predicted molar refractivity (Wildman–Crippen MR) is 153 cm³/mol. The smallest absolute Gasteiger partial charge is 0.390 e. The number of hydrogen-bond donors (Lipinski definition) is 7. The van der Waals surface area contributed by atoms with Crippen molar-refractivity contribution in [3.63, 3.8) is 0 Å². The standard InChI is InChI=1S/C26H44N6O10S/c1-14(2)8-17(30-24(36)22(41-3)13-42-43(38,39)40)25(37)32-18-11-21(34)20(33)10-16(18)9-19(32)23(35)29-6-4-15-5-7-31(12-15)26(27)28/h5,14,16-22,33-34H,4,6-13H2,1-3H3,(H6,27,28,29,30,35,36,38,39,40)/p+1/t16-,17-,18+,19+,20+,21+,22-/m1/s1. The molecule has 244 valence electrons. The molecule has 0 aromatic rings. The van der Waals surface area contributed by atoms with Crippen molar-refractivity contribution >= 4 is 34.1 Å². The lowest BCUT2D eigenvalue weighted by atomic mass is 9.81. The number of aliphatic hydroxyl groups is 2. The monoisotopic (exact) mass is 633 g/mol. The van der Waals surface area contributed by atoms with Crippen molar-refractivity contribution in [1.29, 1.82) is 0 Å². The number of aliphatic hydroxyl groups excluding tert-OH is 2. The van der Waals surface area contributed by atoms with Crippen molar-refractivity contribution in [2.24, 2.45) is 23.3 Å². The van der Waals surface area contributed by atoms with Crippen LogP contribution in [-0.4, -0.2) is 126 Å². The highest BCUT2D eigenvalue weighted by Gasteiger charge is 2.52. The number of hydrogen-bond acceptors (Lipinski definition) is 9. The summed E-state index contributed by atoms with van der Waals surface area (Å²) in [7, 11) is -3.70. The molecular weight excluding hydrogens is 588 g/mol. The van der Waals surface area contributed by atoms with Gasteiger partial charge in [0.25, 0.3) is 5.91 Å². The third-order valence-corrected chi connectivity index (χ3v) is 8.60. The molecule has 2 aliphatic heterocycles. The molecular formula is C26H45N6O10S+. The zero-order valence-electron chi connectivity index (χ0n) is 24.7. The van der Waals surface area contributed by atoms with Crippen LogP contribution in [0.15, 0.2) is 11.6 Å². The molecule has 16 nitrogen and oxygen atoms in total. The minimum Gasteiger partial charge on any atom is -0.390 e. The first-order valence-corrected chi connectivity index (χ1v) is 15.7. The van der Waals surface area contributed by atoms with Gasteiger partial charge in [0.1, 0.15) is 18.7 Å². The average Bonchev–Trinajstić information content (AvgIpc) is 3.52. The van der Waals surface area contributed by atoms with Gasteiger partial charge in [0.2, 0.25) is 11.8 Å². The van der Waals surface area contributed by atoms with E-state index in [-0.39, 0.29) is 43.5 Å². The van der Waals surface area contributed by atoms with Crippen LogP contribution in [0.5, 0.6) is 0 Å². The van der Waals surface area contributed by atoms with Gasteiger partial charge in [-0.15, -0.1) is 0 Å². The van der Waals surface area contributed by atoms with Crippen LogP contribution in [0.1, 0.15) is 46.0 Å². The second kappa shape index (κ2) is 14.8. The summed E-state index contributed by atoms with van der Waals surface area (Å²) >= 11 is 0. The van der Waals surface area contributed by atoms with E-state index >= 15 is 0 Å². The number of fused-ring (bicyclic) bond motifs is 1. The molecule has 1 saturated carbocycles. The van der Waals surface area contributed by atoms with Gasteiger partial charge in [-0.05, 0) is 55.6 Å². The van der Waals surface area contributed by atoms with Crippen LogP contribution < -0.4 is 22.1 Å². The van der Waals surface area contributed by atoms with Crippen LogP contribution >= 0.6 is 0 Å². The van der Waals surface area contributed by atoms with Gasteiger partial charge in [-0.3, -0.25) is 35.0 Å². The Kier molecular flexibility index (Phi) is 11.9. The Hall–Kier alpha value is -2.83. The summed E-state index contributed by atoms with van der Waals surface area (Å²) in [6.45, 7) is 4.30. The summed E-state index contributed by atoms with van der Waals surface area (Å²) in [5.41, 5.74) is 12.4. The van der Waals surface area contributed by atoms with E-state index in [1.165, 1.54) is 4.90 Å². The van der Waals surface area contributed by atoms with E-state index < -0.39 is 71.2 Å². The minimum atomic E-state index is -4.84. The zero-order chi connectivity index (χ0) is 32.1. The van der Waals surface area contributed by atoms with E-state index in [9.17, 15) is 33.0 Å². The first kappa shape index (κ1) is 34.7. The van der Waals surface area contributed by atoms with E-state index in [1.807, 2.05) is 19.9 Å². The number of ether oxygens (including phenoxy) is 1. The van der Waals surface area contributed by atoms with Gasteiger partial charge in [-0.25, -0.2) is 4.18 Å². The van der Waals surface area contributed by atoms with E-state index in [4.69, 9.17) is 20.8 Å². The number of rotatable bonds is 13. The van der Waals surface area contributed by atoms with Crippen LogP contribution in [0.4, 0.5) is 0 Å². The second-order valence-electron chi connectivity index (χ2n) is 11.8. The lowest BCUT2D eigenvalue weighted by molar-refractivity contribution is -0.503. The maximum atomic E-state index is 14.1. The number of carbonyl (C=O) groups is 3. The van der Waals surface area contributed by atoms with Crippen molar-refractivity contribution in [2.75, 3.05) is 33.4 Å². The molecule has 0 unspecified atom stereocenters. The number of amides is 3. The number of carbonyl (C=O) groups excluding carboxylic acids is 3. The van der Waals surface area contributed by atoms with Crippen molar-refractivity contribution in [1.82, 2.24) is 15.5 Å². The maximum Gasteiger partial charge on any atom is 0.397 e. The summed E-state index contributed by atoms with van der Waals surface area (Å²) in [5, 5.41) is 26.2. The van der Waals surface area contributed by atoms with E-state index in [1.54, 1.807) is 4.58 Å². The molecule has 0 aromatic heterocycles. The third-order valence-electron chi connectivity index (χ3n) is 8.16. The average molecular weight is 634 g/mol. The van der Waals surface area contributed by atoms with Crippen LogP contribution in [-0.2, 0) is 33.7 Å². The predicted octanol–water partition coefficient (Wildman–Crippen LogP) is -2.81. The van der Waals surface area contributed by atoms with Crippen molar-refractivity contribution < 1.29 is 51.1 Å². The molecule has 43 heavy (non-hydrogen) atoms. The molecule has 17 heteroatoms. The number of nitrogens with one attached hydrogen (secondary N) is 2. The molecule has 0 spiro atoms. The van der Waals surface area contributed by atoms with Crippen molar-refractivity contribution in [2.45, 2.75) is 82.4 Å². The Balaban J connectivity index is 1.78. The normalized spacial score (nSPS) is 27.0. The highest BCUT2D eigenvalue weighted by Crippen LogP contribution is 2.40. The highest BCUT2D eigenvalue weighted by molar-refractivity contribution is 7.80. The molecule has 3 amide bonds. The molecule has 0 radical (unpaired) electrons. The summed E-state index contributed by atoms with van der Waals surface area (Å²) in [4.78, 5) is 42.0.